The number of rotatable bonds is 4. The van der Waals surface area contributed by atoms with Crippen molar-refractivity contribution in [3.63, 3.8) is 0 Å². The van der Waals surface area contributed by atoms with Gasteiger partial charge in [-0.2, -0.15) is 0 Å². The van der Waals surface area contributed by atoms with Gasteiger partial charge in [0.05, 0.1) is 15.9 Å². The van der Waals surface area contributed by atoms with Gasteiger partial charge in [-0.25, -0.2) is 8.78 Å². The highest BCUT2D eigenvalue weighted by Crippen LogP contribution is 2.24. The number of hydrogen-bond donors (Lipinski definition) is 2. The molecule has 1 aromatic rings. The standard InChI is InChI=1S/C13H15BrF2N2OS/c14-9-5-11(16)12(6-10(9)15)18-13(19)7-20-8-1-3-17-4-2-8/h5-6,8,17H,1-4,7H2,(H,18,19). The number of piperidine rings is 1. The summed E-state index contributed by atoms with van der Waals surface area (Å²) in [5.74, 6) is -1.32. The van der Waals surface area contributed by atoms with Crippen LogP contribution >= 0.6 is 27.7 Å². The van der Waals surface area contributed by atoms with E-state index in [1.807, 2.05) is 0 Å². The minimum Gasteiger partial charge on any atom is -0.323 e. The van der Waals surface area contributed by atoms with Gasteiger partial charge in [0.1, 0.15) is 11.6 Å². The molecule has 1 fully saturated rings. The summed E-state index contributed by atoms with van der Waals surface area (Å²) in [6.07, 6.45) is 2.05. The zero-order chi connectivity index (χ0) is 14.5. The van der Waals surface area contributed by atoms with Gasteiger partial charge < -0.3 is 10.6 Å². The van der Waals surface area contributed by atoms with E-state index in [0.717, 1.165) is 38.1 Å². The van der Waals surface area contributed by atoms with E-state index in [4.69, 9.17) is 0 Å². The summed E-state index contributed by atoms with van der Waals surface area (Å²) >= 11 is 4.45. The lowest BCUT2D eigenvalue weighted by Gasteiger charge is -2.21. The van der Waals surface area contributed by atoms with Gasteiger partial charge in [-0.1, -0.05) is 0 Å². The molecule has 1 saturated heterocycles. The van der Waals surface area contributed by atoms with Crippen molar-refractivity contribution in [2.75, 3.05) is 24.2 Å². The third-order valence-electron chi connectivity index (χ3n) is 3.02. The van der Waals surface area contributed by atoms with Crippen molar-refractivity contribution in [1.29, 1.82) is 0 Å². The Balaban J connectivity index is 1.86. The van der Waals surface area contributed by atoms with Crippen LogP contribution in [0.5, 0.6) is 0 Å². The van der Waals surface area contributed by atoms with E-state index in [1.54, 1.807) is 11.8 Å². The molecule has 2 N–H and O–H groups in total. The number of nitrogens with one attached hydrogen (secondary N) is 2. The van der Waals surface area contributed by atoms with E-state index in [2.05, 4.69) is 26.6 Å². The van der Waals surface area contributed by atoms with Crippen molar-refractivity contribution in [3.05, 3.63) is 28.2 Å². The molecule has 0 bridgehead atoms. The SMILES string of the molecule is O=C(CSC1CCNCC1)Nc1cc(F)c(Br)cc1F. The first-order chi connectivity index (χ1) is 9.56. The van der Waals surface area contributed by atoms with Gasteiger partial charge in [0.2, 0.25) is 5.91 Å². The van der Waals surface area contributed by atoms with Crippen LogP contribution in [-0.4, -0.2) is 30.0 Å². The highest BCUT2D eigenvalue weighted by atomic mass is 79.9. The Morgan fingerprint density at radius 1 is 1.35 bits per heavy atom. The highest BCUT2D eigenvalue weighted by molar-refractivity contribution is 9.10. The first-order valence-electron chi connectivity index (χ1n) is 6.33. The first-order valence-corrected chi connectivity index (χ1v) is 8.17. The summed E-state index contributed by atoms with van der Waals surface area (Å²) in [5.41, 5.74) is -0.124. The minimum atomic E-state index is -0.654. The molecule has 1 aliphatic heterocycles. The molecule has 0 aliphatic carbocycles. The maximum absolute atomic E-state index is 13.6. The predicted molar refractivity (Wildman–Crippen MR) is 81.0 cm³/mol. The Labute approximate surface area is 129 Å². The summed E-state index contributed by atoms with van der Waals surface area (Å²) < 4.78 is 26.9. The molecule has 0 radical (unpaired) electrons. The molecular weight excluding hydrogens is 350 g/mol. The van der Waals surface area contributed by atoms with Crippen molar-refractivity contribution in [2.24, 2.45) is 0 Å². The predicted octanol–water partition coefficient (Wildman–Crippen LogP) is 3.15. The van der Waals surface area contributed by atoms with E-state index in [1.165, 1.54) is 0 Å². The summed E-state index contributed by atoms with van der Waals surface area (Å²) in [5, 5.41) is 6.11. The fourth-order valence-electron chi connectivity index (χ4n) is 1.96. The molecule has 0 saturated carbocycles. The zero-order valence-corrected chi connectivity index (χ0v) is 13.1. The topological polar surface area (TPSA) is 41.1 Å². The molecular formula is C13H15BrF2N2OS. The molecule has 2 rings (SSSR count). The van der Waals surface area contributed by atoms with Crippen molar-refractivity contribution in [3.8, 4) is 0 Å². The van der Waals surface area contributed by atoms with Crippen LogP contribution in [0.1, 0.15) is 12.8 Å². The van der Waals surface area contributed by atoms with Gasteiger partial charge in [-0.15, -0.1) is 11.8 Å². The quantitative estimate of drug-likeness (QED) is 0.806. The summed E-state index contributed by atoms with van der Waals surface area (Å²) in [6, 6.07) is 1.98. The second-order valence-electron chi connectivity index (χ2n) is 4.55. The molecule has 1 aliphatic rings. The second kappa shape index (κ2) is 7.38. The summed E-state index contributed by atoms with van der Waals surface area (Å²) in [4.78, 5) is 11.8. The maximum Gasteiger partial charge on any atom is 0.234 e. The van der Waals surface area contributed by atoms with Gasteiger partial charge in [0, 0.05) is 11.3 Å². The lowest BCUT2D eigenvalue weighted by Crippen LogP contribution is -2.30. The van der Waals surface area contributed by atoms with Crippen LogP contribution in [0.2, 0.25) is 0 Å². The van der Waals surface area contributed by atoms with Crippen LogP contribution in [-0.2, 0) is 4.79 Å². The van der Waals surface area contributed by atoms with Crippen molar-refractivity contribution >= 4 is 39.3 Å². The zero-order valence-electron chi connectivity index (χ0n) is 10.7. The Hall–Kier alpha value is -0.660. The van der Waals surface area contributed by atoms with E-state index >= 15 is 0 Å². The number of thioether (sulfide) groups is 1. The number of amides is 1. The third-order valence-corrected chi connectivity index (χ3v) is 5.00. The van der Waals surface area contributed by atoms with Gasteiger partial charge in [0.15, 0.2) is 0 Å². The third kappa shape index (κ3) is 4.43. The molecule has 1 heterocycles. The Morgan fingerprint density at radius 3 is 2.75 bits per heavy atom. The maximum atomic E-state index is 13.6. The number of carbonyl (C=O) groups excluding carboxylic acids is 1. The molecule has 1 amide bonds. The van der Waals surface area contributed by atoms with Gasteiger partial charge in [0.25, 0.3) is 0 Å². The van der Waals surface area contributed by atoms with Crippen LogP contribution in [0.25, 0.3) is 0 Å². The molecule has 0 aromatic heterocycles. The average Bonchev–Trinajstić information content (AvgIpc) is 2.44. The lowest BCUT2D eigenvalue weighted by molar-refractivity contribution is -0.113. The van der Waals surface area contributed by atoms with E-state index in [-0.39, 0.29) is 21.8 Å². The number of anilines is 1. The van der Waals surface area contributed by atoms with E-state index < -0.39 is 11.6 Å². The van der Waals surface area contributed by atoms with Crippen molar-refractivity contribution in [2.45, 2.75) is 18.1 Å². The number of hydrogen-bond acceptors (Lipinski definition) is 3. The van der Waals surface area contributed by atoms with Gasteiger partial charge >= 0.3 is 0 Å². The number of benzene rings is 1. The van der Waals surface area contributed by atoms with Gasteiger partial charge in [-0.05, 0) is 47.9 Å². The lowest BCUT2D eigenvalue weighted by atomic mass is 10.2. The average molecular weight is 365 g/mol. The molecule has 3 nitrogen and oxygen atoms in total. The molecule has 0 spiro atoms. The molecule has 110 valence electrons. The molecule has 20 heavy (non-hydrogen) atoms. The largest absolute Gasteiger partial charge is 0.323 e. The van der Waals surface area contributed by atoms with Crippen molar-refractivity contribution in [1.82, 2.24) is 5.32 Å². The smallest absolute Gasteiger partial charge is 0.234 e. The fourth-order valence-corrected chi connectivity index (χ4v) is 3.30. The summed E-state index contributed by atoms with van der Waals surface area (Å²) in [7, 11) is 0. The monoisotopic (exact) mass is 364 g/mol. The fraction of sp³-hybridized carbons (Fsp3) is 0.462. The van der Waals surface area contributed by atoms with Crippen LogP contribution in [0.4, 0.5) is 14.5 Å². The first kappa shape index (κ1) is 15.7. The highest BCUT2D eigenvalue weighted by Gasteiger charge is 2.16. The molecule has 1 aromatic carbocycles. The Bertz CT molecular complexity index is 496. The Morgan fingerprint density at radius 2 is 2.05 bits per heavy atom. The second-order valence-corrected chi connectivity index (χ2v) is 6.70. The van der Waals surface area contributed by atoms with Crippen LogP contribution in [0.3, 0.4) is 0 Å². The number of halogens is 3. The van der Waals surface area contributed by atoms with Gasteiger partial charge in [-0.3, -0.25) is 4.79 Å². The van der Waals surface area contributed by atoms with E-state index in [9.17, 15) is 13.6 Å². The van der Waals surface area contributed by atoms with Crippen LogP contribution in [0.15, 0.2) is 16.6 Å². The molecule has 0 unspecified atom stereocenters. The number of carbonyl (C=O) groups is 1. The van der Waals surface area contributed by atoms with Crippen molar-refractivity contribution < 1.29 is 13.6 Å². The van der Waals surface area contributed by atoms with Crippen LogP contribution in [0, 0.1) is 11.6 Å². The normalized spacial score (nSPS) is 16.1. The molecule has 7 heteroatoms. The minimum absolute atomic E-state index is 0.0390. The van der Waals surface area contributed by atoms with E-state index in [0.29, 0.717) is 5.25 Å². The van der Waals surface area contributed by atoms with Crippen LogP contribution < -0.4 is 10.6 Å². The molecule has 0 atom stereocenters. The summed E-state index contributed by atoms with van der Waals surface area (Å²) in [6.45, 7) is 1.93. The Kier molecular flexibility index (Phi) is 5.80.